The first-order valence-corrected chi connectivity index (χ1v) is 12.0. The summed E-state index contributed by atoms with van der Waals surface area (Å²) < 4.78 is 5.35. The molecule has 0 fully saturated rings. The van der Waals surface area contributed by atoms with Gasteiger partial charge < -0.3 is 15.4 Å². The second-order valence-corrected chi connectivity index (χ2v) is 9.98. The number of hydrogen-bond acceptors (Lipinski definition) is 4. The quantitative estimate of drug-likeness (QED) is 0.278. The largest absolute Gasteiger partial charge is 0.444 e. The monoisotopic (exact) mass is 471 g/mol. The molecule has 0 aliphatic rings. The Balaban J connectivity index is 3.28. The molecule has 0 bridgehead atoms. The van der Waals surface area contributed by atoms with Gasteiger partial charge in [-0.15, -0.1) is 0 Å². The Hall–Kier alpha value is -3.01. The SMILES string of the molecule is C#CN(C(=O)C(CC(C)C)NC(=O)OC(C)(C)C)C(C(=O)NCCCCC)c1cccc(C)c1. The van der Waals surface area contributed by atoms with E-state index < -0.39 is 29.7 Å². The van der Waals surface area contributed by atoms with Crippen molar-refractivity contribution in [2.75, 3.05) is 6.54 Å². The Morgan fingerprint density at radius 2 is 1.85 bits per heavy atom. The molecule has 0 aliphatic heterocycles. The molecule has 7 nitrogen and oxygen atoms in total. The molecule has 0 aromatic heterocycles. The first-order valence-electron chi connectivity index (χ1n) is 12.0. The highest BCUT2D eigenvalue weighted by atomic mass is 16.6. The summed E-state index contributed by atoms with van der Waals surface area (Å²) in [6.07, 6.45) is 8.28. The molecule has 0 heterocycles. The summed E-state index contributed by atoms with van der Waals surface area (Å²) in [5, 5.41) is 5.57. The fourth-order valence-corrected chi connectivity index (χ4v) is 3.52. The molecule has 0 radical (unpaired) electrons. The van der Waals surface area contributed by atoms with Crippen molar-refractivity contribution in [1.82, 2.24) is 15.5 Å². The van der Waals surface area contributed by atoms with Crippen molar-refractivity contribution >= 4 is 17.9 Å². The molecule has 3 amide bonds. The van der Waals surface area contributed by atoms with E-state index >= 15 is 0 Å². The maximum Gasteiger partial charge on any atom is 0.408 e. The molecule has 1 aromatic rings. The van der Waals surface area contributed by atoms with Crippen LogP contribution in [0.1, 0.15) is 84.4 Å². The average Bonchev–Trinajstić information content (AvgIpc) is 2.72. The van der Waals surface area contributed by atoms with Crippen LogP contribution in [0.3, 0.4) is 0 Å². The zero-order valence-electron chi connectivity index (χ0n) is 21.7. The fourth-order valence-electron chi connectivity index (χ4n) is 3.52. The second kappa shape index (κ2) is 13.6. The van der Waals surface area contributed by atoms with E-state index in [1.54, 1.807) is 26.8 Å². The molecule has 1 rings (SSSR count). The molecule has 2 N–H and O–H groups in total. The first-order chi connectivity index (χ1) is 15.9. The zero-order valence-corrected chi connectivity index (χ0v) is 21.7. The molecule has 34 heavy (non-hydrogen) atoms. The third-order valence-electron chi connectivity index (χ3n) is 5.02. The summed E-state index contributed by atoms with van der Waals surface area (Å²) in [5.74, 6) is -0.797. The summed E-state index contributed by atoms with van der Waals surface area (Å²) in [5.41, 5.74) is 0.834. The van der Waals surface area contributed by atoms with Crippen molar-refractivity contribution in [3.63, 3.8) is 0 Å². The third-order valence-corrected chi connectivity index (χ3v) is 5.02. The lowest BCUT2D eigenvalue weighted by atomic mass is 9.99. The number of rotatable bonds is 11. The predicted molar refractivity (Wildman–Crippen MR) is 135 cm³/mol. The van der Waals surface area contributed by atoms with Crippen LogP contribution in [0.15, 0.2) is 24.3 Å². The van der Waals surface area contributed by atoms with Crippen LogP contribution in [0.2, 0.25) is 0 Å². The molecule has 2 atom stereocenters. The van der Waals surface area contributed by atoms with Gasteiger partial charge in [0.15, 0.2) is 0 Å². The van der Waals surface area contributed by atoms with Crippen LogP contribution in [-0.4, -0.2) is 41.0 Å². The number of unbranched alkanes of at least 4 members (excludes halogenated alkanes) is 2. The number of ether oxygens (including phenoxy) is 1. The number of amides is 3. The highest BCUT2D eigenvalue weighted by molar-refractivity contribution is 5.93. The van der Waals surface area contributed by atoms with E-state index in [9.17, 15) is 14.4 Å². The highest BCUT2D eigenvalue weighted by Gasteiger charge is 2.36. The van der Waals surface area contributed by atoms with Gasteiger partial charge in [0.05, 0.1) is 0 Å². The molecule has 7 heteroatoms. The van der Waals surface area contributed by atoms with Crippen molar-refractivity contribution in [3.8, 4) is 12.5 Å². The molecule has 2 unspecified atom stereocenters. The van der Waals surface area contributed by atoms with E-state index in [0.717, 1.165) is 29.7 Å². The fraction of sp³-hybridized carbons (Fsp3) is 0.593. The molecule has 0 aliphatic carbocycles. The Morgan fingerprint density at radius 3 is 2.38 bits per heavy atom. The number of aryl methyl sites for hydroxylation is 1. The Bertz CT molecular complexity index is 867. The van der Waals surface area contributed by atoms with Crippen LogP contribution in [0.5, 0.6) is 0 Å². The van der Waals surface area contributed by atoms with Gasteiger partial charge in [0.1, 0.15) is 17.7 Å². The van der Waals surface area contributed by atoms with E-state index in [1.807, 2.05) is 39.0 Å². The summed E-state index contributed by atoms with van der Waals surface area (Å²) >= 11 is 0. The molecule has 1 aromatic carbocycles. The summed E-state index contributed by atoms with van der Waals surface area (Å²) in [6.45, 7) is 13.6. The lowest BCUT2D eigenvalue weighted by Gasteiger charge is -2.31. The van der Waals surface area contributed by atoms with Crippen molar-refractivity contribution in [2.24, 2.45) is 5.92 Å². The van der Waals surface area contributed by atoms with Crippen molar-refractivity contribution < 1.29 is 19.1 Å². The van der Waals surface area contributed by atoms with Crippen LogP contribution >= 0.6 is 0 Å². The minimum absolute atomic E-state index is 0.0869. The number of terminal acetylenes is 1. The van der Waals surface area contributed by atoms with Gasteiger partial charge in [-0.3, -0.25) is 14.5 Å². The topological polar surface area (TPSA) is 87.7 Å². The van der Waals surface area contributed by atoms with Crippen LogP contribution in [-0.2, 0) is 14.3 Å². The highest BCUT2D eigenvalue weighted by Crippen LogP contribution is 2.24. The minimum atomic E-state index is -1.02. The Morgan fingerprint density at radius 1 is 1.18 bits per heavy atom. The Labute approximate surface area is 205 Å². The first kappa shape index (κ1) is 29.0. The third kappa shape index (κ3) is 9.86. The molecular weight excluding hydrogens is 430 g/mol. The van der Waals surface area contributed by atoms with E-state index in [0.29, 0.717) is 18.5 Å². The summed E-state index contributed by atoms with van der Waals surface area (Å²) in [6, 6.07) is 7.80. The van der Waals surface area contributed by atoms with Gasteiger partial charge in [0.25, 0.3) is 5.91 Å². The van der Waals surface area contributed by atoms with Crippen LogP contribution in [0.25, 0.3) is 0 Å². The smallest absolute Gasteiger partial charge is 0.408 e. The number of alkyl carbamates (subject to hydrolysis) is 1. The maximum atomic E-state index is 13.6. The van der Waals surface area contributed by atoms with Gasteiger partial charge in [0.2, 0.25) is 5.91 Å². The van der Waals surface area contributed by atoms with Gasteiger partial charge in [-0.05, 0) is 52.0 Å². The van der Waals surface area contributed by atoms with Gasteiger partial charge in [-0.1, -0.05) is 69.9 Å². The van der Waals surface area contributed by atoms with Crippen molar-refractivity contribution in [3.05, 3.63) is 35.4 Å². The number of carbonyl (C=O) groups excluding carboxylic acids is 3. The van der Waals surface area contributed by atoms with Crippen molar-refractivity contribution in [1.29, 1.82) is 0 Å². The maximum absolute atomic E-state index is 13.6. The zero-order chi connectivity index (χ0) is 25.9. The van der Waals surface area contributed by atoms with Crippen LogP contribution in [0, 0.1) is 25.3 Å². The number of carbonyl (C=O) groups is 3. The summed E-state index contributed by atoms with van der Waals surface area (Å²) in [7, 11) is 0. The molecule has 0 saturated carbocycles. The lowest BCUT2D eigenvalue weighted by Crippen LogP contribution is -2.52. The van der Waals surface area contributed by atoms with Crippen LogP contribution in [0.4, 0.5) is 4.79 Å². The number of benzene rings is 1. The average molecular weight is 472 g/mol. The van der Waals surface area contributed by atoms with E-state index in [1.165, 1.54) is 0 Å². The van der Waals surface area contributed by atoms with Crippen LogP contribution < -0.4 is 10.6 Å². The predicted octanol–water partition coefficient (Wildman–Crippen LogP) is 4.70. The molecular formula is C27H41N3O4. The molecule has 0 spiro atoms. The number of nitrogens with one attached hydrogen (secondary N) is 2. The normalized spacial score (nSPS) is 12.9. The van der Waals surface area contributed by atoms with E-state index in [-0.39, 0.29) is 11.8 Å². The van der Waals surface area contributed by atoms with Gasteiger partial charge >= 0.3 is 6.09 Å². The number of nitrogens with zero attached hydrogens (tertiary/aromatic N) is 1. The summed E-state index contributed by atoms with van der Waals surface area (Å²) in [4.78, 5) is 40.4. The standard InChI is InChI=1S/C27H41N3O4/c1-9-11-12-16-28-24(31)23(21-15-13-14-20(5)18-21)30(10-2)25(32)22(17-19(3)4)29-26(33)34-27(6,7)8/h2,13-15,18-19,22-23H,9,11-12,16-17H2,1,3-8H3,(H,28,31)(H,29,33). The Kier molecular flexibility index (Phi) is 11.6. The number of hydrogen-bond donors (Lipinski definition) is 2. The van der Waals surface area contributed by atoms with E-state index in [4.69, 9.17) is 11.2 Å². The van der Waals surface area contributed by atoms with E-state index in [2.05, 4.69) is 23.6 Å². The van der Waals surface area contributed by atoms with Gasteiger partial charge in [-0.25, -0.2) is 4.79 Å². The van der Waals surface area contributed by atoms with Gasteiger partial charge in [0, 0.05) is 12.6 Å². The van der Waals surface area contributed by atoms with Crippen molar-refractivity contribution in [2.45, 2.75) is 91.8 Å². The van der Waals surface area contributed by atoms with Gasteiger partial charge in [-0.2, -0.15) is 0 Å². The second-order valence-electron chi connectivity index (χ2n) is 9.98. The molecule has 188 valence electrons. The minimum Gasteiger partial charge on any atom is -0.444 e. The molecule has 0 saturated heterocycles. The lowest BCUT2D eigenvalue weighted by molar-refractivity contribution is -0.138.